The molecule has 0 aromatic heterocycles. The highest BCUT2D eigenvalue weighted by Gasteiger charge is 2.51. The molecule has 47 heavy (non-hydrogen) atoms. The van der Waals surface area contributed by atoms with E-state index in [1.165, 1.54) is 0 Å². The Kier molecular flexibility index (Phi) is 12.4. The van der Waals surface area contributed by atoms with Gasteiger partial charge in [0.2, 0.25) is 0 Å². The summed E-state index contributed by atoms with van der Waals surface area (Å²) in [6.07, 6.45) is -2.00. The van der Waals surface area contributed by atoms with Crippen LogP contribution in [0, 0.1) is 5.92 Å². The second-order valence-corrected chi connectivity index (χ2v) is 11.8. The molecule has 3 aromatic rings. The summed E-state index contributed by atoms with van der Waals surface area (Å²) in [5.41, 5.74) is 1.89. The summed E-state index contributed by atoms with van der Waals surface area (Å²) in [6.45, 7) is 2.54. The molecule has 7 atom stereocenters. The van der Waals surface area contributed by atoms with Gasteiger partial charge < -0.3 is 37.9 Å². The topological polar surface area (TPSA) is 108 Å². The standard InChI is InChI=1S/C37H44O10/c1-24-34(44-23-25-15-17-28(40-2)18-16-25)32(22-33(41-3)42-4)45-31-21-30(47-37(39)27-13-9-6-10-14-27)29(46-35(24)31)19-20-43-36(38)26-11-7-5-8-12-26/h5-18,24,29-35H,19-23H2,1-4H3/t24-,29?,30?,31?,32+,34?,35?/m1/s1. The fourth-order valence-electron chi connectivity index (χ4n) is 6.24. The normalized spacial score (nSPS) is 25.5. The molecule has 2 saturated heterocycles. The Morgan fingerprint density at radius 3 is 2.06 bits per heavy atom. The van der Waals surface area contributed by atoms with Crippen molar-refractivity contribution in [1.82, 2.24) is 0 Å². The van der Waals surface area contributed by atoms with Crippen LogP contribution in [0.1, 0.15) is 52.5 Å². The van der Waals surface area contributed by atoms with Crippen LogP contribution in [0.2, 0.25) is 0 Å². The number of esters is 2. The van der Waals surface area contributed by atoms with Crippen molar-refractivity contribution in [3.63, 3.8) is 0 Å². The molecule has 10 heteroatoms. The highest BCUT2D eigenvalue weighted by molar-refractivity contribution is 5.89. The van der Waals surface area contributed by atoms with Gasteiger partial charge in [0.15, 0.2) is 6.29 Å². The second kappa shape index (κ2) is 16.9. The van der Waals surface area contributed by atoms with Crippen LogP contribution in [0.5, 0.6) is 5.75 Å². The van der Waals surface area contributed by atoms with Gasteiger partial charge in [0, 0.05) is 39.4 Å². The van der Waals surface area contributed by atoms with Gasteiger partial charge in [0.1, 0.15) is 11.9 Å². The Morgan fingerprint density at radius 1 is 0.809 bits per heavy atom. The van der Waals surface area contributed by atoms with Crippen LogP contribution in [0.3, 0.4) is 0 Å². The van der Waals surface area contributed by atoms with Crippen LogP contribution in [0.15, 0.2) is 84.9 Å². The molecule has 10 nitrogen and oxygen atoms in total. The van der Waals surface area contributed by atoms with Gasteiger partial charge in [-0.1, -0.05) is 55.5 Å². The number of hydrogen-bond acceptors (Lipinski definition) is 10. The van der Waals surface area contributed by atoms with Gasteiger partial charge >= 0.3 is 11.9 Å². The van der Waals surface area contributed by atoms with E-state index in [0.29, 0.717) is 37.0 Å². The molecule has 2 fully saturated rings. The molecule has 0 radical (unpaired) electrons. The third-order valence-corrected chi connectivity index (χ3v) is 8.80. The first-order chi connectivity index (χ1) is 22.9. The molecule has 2 aliphatic rings. The fourth-order valence-corrected chi connectivity index (χ4v) is 6.24. The SMILES string of the molecule is COc1ccc(COC2[C@@H](C)C3OC(CCOC(=O)c4ccccc4)C(OC(=O)c4ccccc4)CC3O[C@H]2CC(OC)OC)cc1. The molecule has 0 N–H and O–H groups in total. The van der Waals surface area contributed by atoms with E-state index >= 15 is 0 Å². The summed E-state index contributed by atoms with van der Waals surface area (Å²) in [7, 11) is 4.82. The third kappa shape index (κ3) is 8.97. The van der Waals surface area contributed by atoms with Crippen molar-refractivity contribution in [3.8, 4) is 5.75 Å². The number of carbonyl (C=O) groups excluding carboxylic acids is 2. The first kappa shape index (κ1) is 34.5. The van der Waals surface area contributed by atoms with Crippen LogP contribution >= 0.6 is 0 Å². The van der Waals surface area contributed by atoms with E-state index in [1.54, 1.807) is 69.9 Å². The van der Waals surface area contributed by atoms with Crippen molar-refractivity contribution in [2.24, 2.45) is 5.92 Å². The van der Waals surface area contributed by atoms with Crippen molar-refractivity contribution in [1.29, 1.82) is 0 Å². The van der Waals surface area contributed by atoms with E-state index in [0.717, 1.165) is 11.3 Å². The highest BCUT2D eigenvalue weighted by atomic mass is 16.7. The Morgan fingerprint density at radius 2 is 1.45 bits per heavy atom. The van der Waals surface area contributed by atoms with Crippen LogP contribution in [-0.4, -0.2) is 82.8 Å². The number of carbonyl (C=O) groups is 2. The Balaban J connectivity index is 1.33. The molecule has 3 aromatic carbocycles. The predicted molar refractivity (Wildman–Crippen MR) is 172 cm³/mol. The number of benzene rings is 3. The third-order valence-electron chi connectivity index (χ3n) is 8.80. The van der Waals surface area contributed by atoms with Crippen LogP contribution in [0.4, 0.5) is 0 Å². The quantitative estimate of drug-likeness (QED) is 0.161. The summed E-state index contributed by atoms with van der Waals surface area (Å²) in [4.78, 5) is 25.8. The summed E-state index contributed by atoms with van der Waals surface area (Å²) >= 11 is 0. The van der Waals surface area contributed by atoms with E-state index in [9.17, 15) is 9.59 Å². The predicted octanol–water partition coefficient (Wildman–Crippen LogP) is 5.62. The maximum atomic E-state index is 13.2. The van der Waals surface area contributed by atoms with Crippen molar-refractivity contribution in [2.45, 2.75) is 75.7 Å². The second-order valence-electron chi connectivity index (χ2n) is 11.8. The average molecular weight is 649 g/mol. The smallest absolute Gasteiger partial charge is 0.338 e. The number of fused-ring (bicyclic) bond motifs is 1. The van der Waals surface area contributed by atoms with Gasteiger partial charge in [-0.3, -0.25) is 0 Å². The van der Waals surface area contributed by atoms with E-state index in [-0.39, 0.29) is 36.9 Å². The molecule has 0 saturated carbocycles. The summed E-state index contributed by atoms with van der Waals surface area (Å²) < 4.78 is 47.9. The van der Waals surface area contributed by atoms with Gasteiger partial charge in [-0.15, -0.1) is 0 Å². The lowest BCUT2D eigenvalue weighted by molar-refractivity contribution is -0.282. The lowest BCUT2D eigenvalue weighted by Crippen LogP contribution is -2.61. The summed E-state index contributed by atoms with van der Waals surface area (Å²) in [5, 5.41) is 0. The van der Waals surface area contributed by atoms with Crippen LogP contribution < -0.4 is 4.74 Å². The first-order valence-electron chi connectivity index (χ1n) is 16.0. The molecule has 0 bridgehead atoms. The largest absolute Gasteiger partial charge is 0.497 e. The summed E-state index contributed by atoms with van der Waals surface area (Å²) in [5.74, 6) is -0.215. The minimum atomic E-state index is -0.635. The Labute approximate surface area is 276 Å². The molecule has 0 spiro atoms. The van der Waals surface area contributed by atoms with Crippen molar-refractivity contribution >= 4 is 11.9 Å². The molecule has 2 heterocycles. The highest BCUT2D eigenvalue weighted by Crippen LogP contribution is 2.40. The minimum absolute atomic E-state index is 0.0911. The zero-order chi connectivity index (χ0) is 33.2. The van der Waals surface area contributed by atoms with E-state index in [4.69, 9.17) is 37.9 Å². The van der Waals surface area contributed by atoms with Gasteiger partial charge in [0.05, 0.1) is 62.0 Å². The monoisotopic (exact) mass is 648 g/mol. The minimum Gasteiger partial charge on any atom is -0.497 e. The van der Waals surface area contributed by atoms with Crippen molar-refractivity contribution in [2.75, 3.05) is 27.9 Å². The molecular formula is C37H44O10. The van der Waals surface area contributed by atoms with Gasteiger partial charge in [0.25, 0.3) is 0 Å². The van der Waals surface area contributed by atoms with E-state index in [1.807, 2.05) is 36.4 Å². The zero-order valence-corrected chi connectivity index (χ0v) is 27.3. The molecule has 5 unspecified atom stereocenters. The Hall–Kier alpha value is -3.80. The number of methoxy groups -OCH3 is 3. The van der Waals surface area contributed by atoms with E-state index < -0.39 is 30.4 Å². The van der Waals surface area contributed by atoms with Crippen molar-refractivity contribution in [3.05, 3.63) is 102 Å². The molecule has 5 rings (SSSR count). The number of hydrogen-bond donors (Lipinski definition) is 0. The number of rotatable bonds is 14. The maximum Gasteiger partial charge on any atom is 0.338 e. The first-order valence-corrected chi connectivity index (χ1v) is 16.0. The molecule has 0 amide bonds. The maximum absolute atomic E-state index is 13.2. The van der Waals surface area contributed by atoms with Gasteiger partial charge in [-0.2, -0.15) is 0 Å². The summed E-state index contributed by atoms with van der Waals surface area (Å²) in [6, 6.07) is 25.4. The lowest BCUT2D eigenvalue weighted by Gasteiger charge is -2.51. The van der Waals surface area contributed by atoms with Gasteiger partial charge in [-0.25, -0.2) is 9.59 Å². The van der Waals surface area contributed by atoms with Crippen LogP contribution in [0.25, 0.3) is 0 Å². The average Bonchev–Trinajstić information content (AvgIpc) is 3.11. The molecule has 2 aliphatic heterocycles. The molecule has 252 valence electrons. The molecule has 0 aliphatic carbocycles. The number of ether oxygens (including phenoxy) is 8. The van der Waals surface area contributed by atoms with Crippen LogP contribution in [-0.2, 0) is 39.8 Å². The lowest BCUT2D eigenvalue weighted by atomic mass is 9.81. The molecular weight excluding hydrogens is 604 g/mol. The van der Waals surface area contributed by atoms with Gasteiger partial charge in [-0.05, 0) is 42.0 Å². The fraction of sp³-hybridized carbons (Fsp3) is 0.459. The van der Waals surface area contributed by atoms with Crippen molar-refractivity contribution < 1.29 is 47.5 Å². The van der Waals surface area contributed by atoms with E-state index in [2.05, 4.69) is 6.92 Å². The zero-order valence-electron chi connectivity index (χ0n) is 27.3. The Bertz CT molecular complexity index is 1400.